The molecular weight excluding hydrogens is 378 g/mol. The number of nitro benzene ring substituents is 1. The number of hydrogen-bond donors (Lipinski definition) is 1. The van der Waals surface area contributed by atoms with Gasteiger partial charge in [-0.25, -0.2) is 4.98 Å². The molecule has 4 rings (SSSR count). The number of aryl methyl sites for hydroxylation is 2. The van der Waals surface area contributed by atoms with Crippen LogP contribution in [0, 0.1) is 24.0 Å². The zero-order chi connectivity index (χ0) is 21.1. The minimum atomic E-state index is -0.433. The molecule has 0 amide bonds. The Balaban J connectivity index is 1.75. The van der Waals surface area contributed by atoms with Crippen LogP contribution in [-0.2, 0) is 0 Å². The standard InChI is InChI=1S/C23H19N5O2/c1-15-3-7-17(8-4-15)21-25-22(18-9-5-16(2)6-10-18)27-23(26-21)24-19-11-13-20(14-12-19)28(29)30/h3-14H,1-2H3,(H,24,25,26,27). The molecule has 0 aliphatic heterocycles. The quantitative estimate of drug-likeness (QED) is 0.354. The average molecular weight is 397 g/mol. The van der Waals surface area contributed by atoms with Crippen molar-refractivity contribution in [3.05, 3.63) is 94.0 Å². The second kappa shape index (κ2) is 8.08. The van der Waals surface area contributed by atoms with Gasteiger partial charge in [0.1, 0.15) is 0 Å². The lowest BCUT2D eigenvalue weighted by Gasteiger charge is -2.10. The van der Waals surface area contributed by atoms with Crippen LogP contribution in [0.25, 0.3) is 22.8 Å². The Bertz CT molecular complexity index is 1120. The second-order valence-corrected chi connectivity index (χ2v) is 6.97. The smallest absolute Gasteiger partial charge is 0.269 e. The highest BCUT2D eigenvalue weighted by Gasteiger charge is 2.12. The topological polar surface area (TPSA) is 93.8 Å². The van der Waals surface area contributed by atoms with E-state index < -0.39 is 4.92 Å². The fraction of sp³-hybridized carbons (Fsp3) is 0.0870. The molecule has 30 heavy (non-hydrogen) atoms. The summed E-state index contributed by atoms with van der Waals surface area (Å²) in [5.41, 5.74) is 4.73. The van der Waals surface area contributed by atoms with Crippen LogP contribution in [0.5, 0.6) is 0 Å². The van der Waals surface area contributed by atoms with E-state index in [2.05, 4.69) is 20.3 Å². The molecule has 0 saturated heterocycles. The zero-order valence-corrected chi connectivity index (χ0v) is 16.5. The summed E-state index contributed by atoms with van der Waals surface area (Å²) in [6, 6.07) is 22.0. The van der Waals surface area contributed by atoms with Crippen molar-refractivity contribution in [2.45, 2.75) is 13.8 Å². The molecule has 0 bridgehead atoms. The van der Waals surface area contributed by atoms with Gasteiger partial charge in [0.2, 0.25) is 5.95 Å². The van der Waals surface area contributed by atoms with Crippen LogP contribution >= 0.6 is 0 Å². The number of rotatable bonds is 5. The Hall–Kier alpha value is -4.13. The molecule has 0 radical (unpaired) electrons. The fourth-order valence-corrected chi connectivity index (χ4v) is 2.89. The predicted molar refractivity (Wildman–Crippen MR) is 117 cm³/mol. The minimum Gasteiger partial charge on any atom is -0.324 e. The molecule has 4 aromatic rings. The molecule has 0 saturated carbocycles. The Morgan fingerprint density at radius 1 is 0.700 bits per heavy atom. The maximum atomic E-state index is 10.9. The largest absolute Gasteiger partial charge is 0.324 e. The van der Waals surface area contributed by atoms with E-state index in [4.69, 9.17) is 0 Å². The van der Waals surface area contributed by atoms with E-state index in [9.17, 15) is 10.1 Å². The van der Waals surface area contributed by atoms with Crippen molar-refractivity contribution in [3.63, 3.8) is 0 Å². The van der Waals surface area contributed by atoms with Crippen LogP contribution in [0.1, 0.15) is 11.1 Å². The molecule has 148 valence electrons. The Morgan fingerprint density at radius 2 is 1.17 bits per heavy atom. The summed E-state index contributed by atoms with van der Waals surface area (Å²) >= 11 is 0. The molecule has 7 nitrogen and oxygen atoms in total. The summed E-state index contributed by atoms with van der Waals surface area (Å²) in [7, 11) is 0. The van der Waals surface area contributed by atoms with Gasteiger partial charge in [0.25, 0.3) is 5.69 Å². The summed E-state index contributed by atoms with van der Waals surface area (Å²) in [6.45, 7) is 4.05. The first-order chi connectivity index (χ1) is 14.5. The molecule has 3 aromatic carbocycles. The van der Waals surface area contributed by atoms with Crippen molar-refractivity contribution >= 4 is 17.3 Å². The van der Waals surface area contributed by atoms with Gasteiger partial charge in [-0.2, -0.15) is 9.97 Å². The normalized spacial score (nSPS) is 10.6. The van der Waals surface area contributed by atoms with Gasteiger partial charge >= 0.3 is 0 Å². The van der Waals surface area contributed by atoms with Crippen molar-refractivity contribution in [1.82, 2.24) is 15.0 Å². The lowest BCUT2D eigenvalue weighted by atomic mass is 10.1. The van der Waals surface area contributed by atoms with Gasteiger partial charge in [0.05, 0.1) is 4.92 Å². The molecule has 0 unspecified atom stereocenters. The van der Waals surface area contributed by atoms with Gasteiger partial charge < -0.3 is 5.32 Å². The van der Waals surface area contributed by atoms with Gasteiger partial charge in [-0.15, -0.1) is 0 Å². The summed E-state index contributed by atoms with van der Waals surface area (Å²) < 4.78 is 0. The monoisotopic (exact) mass is 397 g/mol. The maximum Gasteiger partial charge on any atom is 0.269 e. The van der Waals surface area contributed by atoms with Crippen molar-refractivity contribution in [3.8, 4) is 22.8 Å². The highest BCUT2D eigenvalue weighted by Crippen LogP contribution is 2.24. The highest BCUT2D eigenvalue weighted by atomic mass is 16.6. The van der Waals surface area contributed by atoms with Gasteiger partial charge in [-0.05, 0) is 26.0 Å². The number of nitro groups is 1. The van der Waals surface area contributed by atoms with Crippen molar-refractivity contribution in [2.75, 3.05) is 5.32 Å². The van der Waals surface area contributed by atoms with Gasteiger partial charge in [0.15, 0.2) is 11.6 Å². The van der Waals surface area contributed by atoms with Crippen LogP contribution in [0.4, 0.5) is 17.3 Å². The van der Waals surface area contributed by atoms with Gasteiger partial charge in [0, 0.05) is 28.9 Å². The molecule has 0 spiro atoms. The second-order valence-electron chi connectivity index (χ2n) is 6.97. The maximum absolute atomic E-state index is 10.9. The first kappa shape index (κ1) is 19.2. The predicted octanol–water partition coefficient (Wildman–Crippen LogP) is 5.47. The van der Waals surface area contributed by atoms with Crippen molar-refractivity contribution in [2.24, 2.45) is 0 Å². The summed E-state index contributed by atoms with van der Waals surface area (Å²) in [4.78, 5) is 24.2. The van der Waals surface area contributed by atoms with Crippen molar-refractivity contribution in [1.29, 1.82) is 0 Å². The van der Waals surface area contributed by atoms with E-state index in [0.29, 0.717) is 23.3 Å². The Labute approximate surface area is 173 Å². The van der Waals surface area contributed by atoms with Crippen LogP contribution < -0.4 is 5.32 Å². The molecule has 0 aliphatic rings. The summed E-state index contributed by atoms with van der Waals surface area (Å²) in [5, 5.41) is 14.0. The van der Waals surface area contributed by atoms with Gasteiger partial charge in [-0.1, -0.05) is 59.7 Å². The van der Waals surface area contributed by atoms with E-state index in [-0.39, 0.29) is 5.69 Å². The molecule has 1 aromatic heterocycles. The first-order valence-corrected chi connectivity index (χ1v) is 9.39. The molecule has 0 aliphatic carbocycles. The van der Waals surface area contributed by atoms with Crippen molar-refractivity contribution < 1.29 is 4.92 Å². The summed E-state index contributed by atoms with van der Waals surface area (Å²) in [6.07, 6.45) is 0. The van der Waals surface area contributed by atoms with Crippen LogP contribution in [-0.4, -0.2) is 19.9 Å². The molecule has 1 heterocycles. The molecule has 0 atom stereocenters. The van der Waals surface area contributed by atoms with E-state index >= 15 is 0 Å². The number of hydrogen-bond acceptors (Lipinski definition) is 6. The zero-order valence-electron chi connectivity index (χ0n) is 16.5. The highest BCUT2D eigenvalue weighted by molar-refractivity contribution is 5.65. The summed E-state index contributed by atoms with van der Waals surface area (Å²) in [5.74, 6) is 1.46. The Morgan fingerprint density at radius 3 is 1.60 bits per heavy atom. The van der Waals surface area contributed by atoms with Gasteiger partial charge in [-0.3, -0.25) is 10.1 Å². The third kappa shape index (κ3) is 4.30. The number of nitrogens with zero attached hydrogens (tertiary/aromatic N) is 4. The number of nitrogens with one attached hydrogen (secondary N) is 1. The number of aromatic nitrogens is 3. The number of benzene rings is 3. The molecule has 1 N–H and O–H groups in total. The number of anilines is 2. The number of non-ortho nitro benzene ring substituents is 1. The lowest BCUT2D eigenvalue weighted by Crippen LogP contribution is -2.03. The van der Waals surface area contributed by atoms with E-state index in [1.165, 1.54) is 12.1 Å². The lowest BCUT2D eigenvalue weighted by molar-refractivity contribution is -0.384. The van der Waals surface area contributed by atoms with Crippen LogP contribution in [0.3, 0.4) is 0 Å². The first-order valence-electron chi connectivity index (χ1n) is 9.39. The third-order valence-corrected chi connectivity index (χ3v) is 4.59. The molecule has 7 heteroatoms. The fourth-order valence-electron chi connectivity index (χ4n) is 2.89. The van der Waals surface area contributed by atoms with E-state index in [1.807, 2.05) is 62.4 Å². The van der Waals surface area contributed by atoms with Crippen LogP contribution in [0.2, 0.25) is 0 Å². The SMILES string of the molecule is Cc1ccc(-c2nc(Nc3ccc([N+](=O)[O-])cc3)nc(-c3ccc(C)cc3)n2)cc1. The minimum absolute atomic E-state index is 0.0249. The van der Waals surface area contributed by atoms with E-state index in [1.54, 1.807) is 12.1 Å². The van der Waals surface area contributed by atoms with Crippen LogP contribution in [0.15, 0.2) is 72.8 Å². The van der Waals surface area contributed by atoms with E-state index in [0.717, 1.165) is 22.3 Å². The Kier molecular flexibility index (Phi) is 5.17. The third-order valence-electron chi connectivity index (χ3n) is 4.59. The average Bonchev–Trinajstić information content (AvgIpc) is 2.75. The molecular formula is C23H19N5O2. The molecule has 0 fully saturated rings.